The van der Waals surface area contributed by atoms with Crippen LogP contribution in [0.5, 0.6) is 0 Å². The average Bonchev–Trinajstić information content (AvgIpc) is 3.02. The molecule has 3 unspecified atom stereocenters. The van der Waals surface area contributed by atoms with Crippen LogP contribution in [0.3, 0.4) is 0 Å². The second-order valence-corrected chi connectivity index (χ2v) is 6.25. The summed E-state index contributed by atoms with van der Waals surface area (Å²) >= 11 is 6.09. The van der Waals surface area contributed by atoms with Gasteiger partial charge in [0.15, 0.2) is 0 Å². The Hall–Kier alpha value is -1.35. The number of anilines is 1. The first-order valence-electron chi connectivity index (χ1n) is 6.96. The van der Waals surface area contributed by atoms with Crippen LogP contribution in [-0.2, 0) is 0 Å². The number of hydrogen-bond donors (Lipinski definition) is 1. The highest BCUT2D eigenvalue weighted by molar-refractivity contribution is 6.31. The summed E-state index contributed by atoms with van der Waals surface area (Å²) < 4.78 is 0. The third kappa shape index (κ3) is 1.96. The van der Waals surface area contributed by atoms with Gasteiger partial charge < -0.3 is 5.32 Å². The molecule has 1 N–H and O–H groups in total. The van der Waals surface area contributed by atoms with Crippen molar-refractivity contribution < 1.29 is 0 Å². The minimum Gasteiger partial charge on any atom is -0.366 e. The van der Waals surface area contributed by atoms with Crippen molar-refractivity contribution >= 4 is 28.3 Å². The van der Waals surface area contributed by atoms with Crippen LogP contribution in [0.15, 0.2) is 24.5 Å². The summed E-state index contributed by atoms with van der Waals surface area (Å²) in [5, 5.41) is 5.39. The van der Waals surface area contributed by atoms with Gasteiger partial charge in [0.05, 0.1) is 5.52 Å². The van der Waals surface area contributed by atoms with E-state index in [0.29, 0.717) is 6.04 Å². The van der Waals surface area contributed by atoms with Gasteiger partial charge in [-0.3, -0.25) is 0 Å². The van der Waals surface area contributed by atoms with Crippen LogP contribution in [0.4, 0.5) is 5.82 Å². The van der Waals surface area contributed by atoms with Gasteiger partial charge in [-0.25, -0.2) is 9.97 Å². The molecule has 2 fully saturated rings. The van der Waals surface area contributed by atoms with Crippen molar-refractivity contribution in [2.24, 2.45) is 11.8 Å². The largest absolute Gasteiger partial charge is 0.366 e. The van der Waals surface area contributed by atoms with Crippen molar-refractivity contribution in [1.82, 2.24) is 9.97 Å². The fourth-order valence-corrected chi connectivity index (χ4v) is 3.91. The van der Waals surface area contributed by atoms with Gasteiger partial charge in [0, 0.05) is 16.5 Å². The zero-order valence-electron chi connectivity index (χ0n) is 10.6. The van der Waals surface area contributed by atoms with Crippen LogP contribution >= 0.6 is 11.6 Å². The fourth-order valence-electron chi connectivity index (χ4n) is 3.74. The molecule has 2 aliphatic rings. The Morgan fingerprint density at radius 3 is 2.89 bits per heavy atom. The lowest BCUT2D eigenvalue weighted by atomic mass is 9.95. The summed E-state index contributed by atoms with van der Waals surface area (Å²) in [7, 11) is 0. The molecule has 0 saturated heterocycles. The van der Waals surface area contributed by atoms with E-state index in [1.165, 1.54) is 25.7 Å². The zero-order chi connectivity index (χ0) is 12.8. The molecule has 2 saturated carbocycles. The topological polar surface area (TPSA) is 37.8 Å². The van der Waals surface area contributed by atoms with Crippen molar-refractivity contribution in [1.29, 1.82) is 0 Å². The normalized spacial score (nSPS) is 29.0. The highest BCUT2D eigenvalue weighted by Gasteiger charge is 2.39. The Kier molecular flexibility index (Phi) is 2.62. The molecule has 4 heteroatoms. The van der Waals surface area contributed by atoms with Gasteiger partial charge in [0.25, 0.3) is 0 Å². The maximum atomic E-state index is 6.09. The monoisotopic (exact) mass is 273 g/mol. The minimum absolute atomic E-state index is 0.579. The summed E-state index contributed by atoms with van der Waals surface area (Å²) in [6, 6.07) is 6.35. The predicted molar refractivity (Wildman–Crippen MR) is 77.4 cm³/mol. The molecular formula is C15H16ClN3. The van der Waals surface area contributed by atoms with Gasteiger partial charge in [-0.1, -0.05) is 18.0 Å². The van der Waals surface area contributed by atoms with Crippen molar-refractivity contribution in [3.63, 3.8) is 0 Å². The number of fused-ring (bicyclic) bond motifs is 3. The summed E-state index contributed by atoms with van der Waals surface area (Å²) in [6.07, 6.45) is 7.09. The molecule has 4 rings (SSSR count). The third-order valence-electron chi connectivity index (χ3n) is 4.66. The van der Waals surface area contributed by atoms with Crippen LogP contribution in [0.1, 0.15) is 25.7 Å². The van der Waals surface area contributed by atoms with Crippen LogP contribution in [0.25, 0.3) is 10.9 Å². The van der Waals surface area contributed by atoms with E-state index in [2.05, 4.69) is 15.3 Å². The van der Waals surface area contributed by atoms with Crippen LogP contribution < -0.4 is 5.32 Å². The molecular weight excluding hydrogens is 258 g/mol. The molecule has 19 heavy (non-hydrogen) atoms. The van der Waals surface area contributed by atoms with E-state index in [9.17, 15) is 0 Å². The average molecular weight is 274 g/mol. The number of rotatable bonds is 2. The second-order valence-electron chi connectivity index (χ2n) is 5.81. The van der Waals surface area contributed by atoms with Crippen molar-refractivity contribution in [3.05, 3.63) is 29.5 Å². The molecule has 2 aliphatic carbocycles. The molecule has 0 spiro atoms. The Bertz CT molecular complexity index is 628. The lowest BCUT2D eigenvalue weighted by molar-refractivity contribution is 0.439. The van der Waals surface area contributed by atoms with Gasteiger partial charge in [0.2, 0.25) is 0 Å². The number of halogens is 1. The molecule has 2 aromatic rings. The molecule has 0 amide bonds. The molecule has 3 atom stereocenters. The highest BCUT2D eigenvalue weighted by Crippen LogP contribution is 2.45. The van der Waals surface area contributed by atoms with E-state index in [1.807, 2.05) is 18.2 Å². The number of aromatic nitrogens is 2. The number of nitrogens with zero attached hydrogens (tertiary/aromatic N) is 2. The third-order valence-corrected chi connectivity index (χ3v) is 4.89. The van der Waals surface area contributed by atoms with Gasteiger partial charge in [-0.05, 0) is 49.3 Å². The van der Waals surface area contributed by atoms with Crippen LogP contribution in [0, 0.1) is 11.8 Å². The molecule has 0 radical (unpaired) electrons. The molecule has 1 heterocycles. The SMILES string of the molecule is Clc1ccc2ncnc(NC3CC4CCC3C4)c2c1. The summed E-state index contributed by atoms with van der Waals surface area (Å²) in [4.78, 5) is 8.71. The first-order chi connectivity index (χ1) is 9.29. The smallest absolute Gasteiger partial charge is 0.137 e. The van der Waals surface area contributed by atoms with Crippen LogP contribution in [-0.4, -0.2) is 16.0 Å². The molecule has 3 nitrogen and oxygen atoms in total. The Labute approximate surface area is 117 Å². The Balaban J connectivity index is 1.69. The highest BCUT2D eigenvalue weighted by atomic mass is 35.5. The number of nitrogens with one attached hydrogen (secondary N) is 1. The van der Waals surface area contributed by atoms with E-state index >= 15 is 0 Å². The standard InChI is InChI=1S/C15H16ClN3/c16-11-3-4-13-12(7-11)15(18-8-17-13)19-14-6-9-1-2-10(14)5-9/h3-4,7-10,14H,1-2,5-6H2,(H,17,18,19). The minimum atomic E-state index is 0.579. The Morgan fingerprint density at radius 2 is 2.11 bits per heavy atom. The summed E-state index contributed by atoms with van der Waals surface area (Å²) in [6.45, 7) is 0. The molecule has 2 bridgehead atoms. The summed E-state index contributed by atoms with van der Waals surface area (Å²) in [5.41, 5.74) is 0.949. The predicted octanol–water partition coefficient (Wildman–Crippen LogP) is 3.88. The van der Waals surface area contributed by atoms with Gasteiger partial charge in [-0.15, -0.1) is 0 Å². The second kappa shape index (κ2) is 4.34. The van der Waals surface area contributed by atoms with Crippen LogP contribution in [0.2, 0.25) is 5.02 Å². The maximum absolute atomic E-state index is 6.09. The quantitative estimate of drug-likeness (QED) is 0.902. The fraction of sp³-hybridized carbons (Fsp3) is 0.467. The van der Waals surface area contributed by atoms with E-state index in [0.717, 1.165) is 33.6 Å². The first-order valence-corrected chi connectivity index (χ1v) is 7.34. The Morgan fingerprint density at radius 1 is 1.16 bits per heavy atom. The summed E-state index contributed by atoms with van der Waals surface area (Å²) in [5.74, 6) is 2.69. The van der Waals surface area contributed by atoms with Gasteiger partial charge in [0.1, 0.15) is 12.1 Å². The number of benzene rings is 1. The van der Waals surface area contributed by atoms with Crippen molar-refractivity contribution in [2.75, 3.05) is 5.32 Å². The lowest BCUT2D eigenvalue weighted by Crippen LogP contribution is -2.26. The molecule has 1 aromatic heterocycles. The van der Waals surface area contributed by atoms with Crippen molar-refractivity contribution in [3.8, 4) is 0 Å². The van der Waals surface area contributed by atoms with Gasteiger partial charge in [-0.2, -0.15) is 0 Å². The zero-order valence-corrected chi connectivity index (χ0v) is 11.4. The van der Waals surface area contributed by atoms with E-state index < -0.39 is 0 Å². The number of hydrogen-bond acceptors (Lipinski definition) is 3. The maximum Gasteiger partial charge on any atom is 0.137 e. The lowest BCUT2D eigenvalue weighted by Gasteiger charge is -2.23. The van der Waals surface area contributed by atoms with E-state index in [-0.39, 0.29) is 0 Å². The van der Waals surface area contributed by atoms with E-state index in [1.54, 1.807) is 6.33 Å². The van der Waals surface area contributed by atoms with Crippen molar-refractivity contribution in [2.45, 2.75) is 31.7 Å². The molecule has 0 aliphatic heterocycles. The first kappa shape index (κ1) is 11.5. The molecule has 1 aromatic carbocycles. The molecule has 98 valence electrons. The van der Waals surface area contributed by atoms with E-state index in [4.69, 9.17) is 11.6 Å². The van der Waals surface area contributed by atoms with Gasteiger partial charge >= 0.3 is 0 Å².